The SMILES string of the molecule is CC(C)C1(C)NC(=O)N(CCOCCN)C1=O. The number of hydrogen-bond acceptors (Lipinski definition) is 4. The molecule has 6 nitrogen and oxygen atoms in total. The molecule has 98 valence electrons. The van der Waals surface area contributed by atoms with Crippen LogP contribution in [0, 0.1) is 5.92 Å². The van der Waals surface area contributed by atoms with Gasteiger partial charge < -0.3 is 15.8 Å². The van der Waals surface area contributed by atoms with E-state index in [1.807, 2.05) is 13.8 Å². The van der Waals surface area contributed by atoms with E-state index in [1.54, 1.807) is 6.92 Å². The number of nitrogens with two attached hydrogens (primary N) is 1. The van der Waals surface area contributed by atoms with Crippen LogP contribution in [-0.4, -0.2) is 48.7 Å². The number of hydrogen-bond donors (Lipinski definition) is 2. The second kappa shape index (κ2) is 5.46. The summed E-state index contributed by atoms with van der Waals surface area (Å²) in [6.45, 7) is 7.03. The number of carbonyl (C=O) groups is 2. The average molecular weight is 243 g/mol. The van der Waals surface area contributed by atoms with Gasteiger partial charge in [-0.2, -0.15) is 0 Å². The summed E-state index contributed by atoms with van der Waals surface area (Å²) in [4.78, 5) is 25.0. The number of rotatable bonds is 6. The molecule has 1 heterocycles. The second-order valence-corrected chi connectivity index (χ2v) is 4.65. The molecule has 0 saturated carbocycles. The van der Waals surface area contributed by atoms with Crippen LogP contribution in [0.4, 0.5) is 4.79 Å². The molecule has 0 aromatic carbocycles. The van der Waals surface area contributed by atoms with E-state index < -0.39 is 5.54 Å². The first-order valence-corrected chi connectivity index (χ1v) is 5.85. The Morgan fingerprint density at radius 1 is 1.41 bits per heavy atom. The highest BCUT2D eigenvalue weighted by molar-refractivity contribution is 6.06. The van der Waals surface area contributed by atoms with Gasteiger partial charge in [-0.15, -0.1) is 0 Å². The normalized spacial score (nSPS) is 24.6. The van der Waals surface area contributed by atoms with E-state index in [4.69, 9.17) is 10.5 Å². The largest absolute Gasteiger partial charge is 0.378 e. The van der Waals surface area contributed by atoms with Gasteiger partial charge in [0.05, 0.1) is 19.8 Å². The molecular formula is C11H21N3O3. The average Bonchev–Trinajstić information content (AvgIpc) is 2.48. The van der Waals surface area contributed by atoms with Crippen LogP contribution in [0.3, 0.4) is 0 Å². The van der Waals surface area contributed by atoms with Crippen molar-refractivity contribution in [3.63, 3.8) is 0 Å². The highest BCUT2D eigenvalue weighted by Crippen LogP contribution is 2.24. The minimum atomic E-state index is -0.801. The van der Waals surface area contributed by atoms with Crippen molar-refractivity contribution in [1.82, 2.24) is 10.2 Å². The van der Waals surface area contributed by atoms with Crippen molar-refractivity contribution in [3.05, 3.63) is 0 Å². The van der Waals surface area contributed by atoms with Crippen LogP contribution in [0.25, 0.3) is 0 Å². The third-order valence-corrected chi connectivity index (χ3v) is 3.18. The highest BCUT2D eigenvalue weighted by Gasteiger charge is 2.49. The quantitative estimate of drug-likeness (QED) is 0.505. The standard InChI is InChI=1S/C11H21N3O3/c1-8(2)11(3)9(15)14(10(16)13-11)5-7-17-6-4-12/h8H,4-7,12H2,1-3H3,(H,13,16). The lowest BCUT2D eigenvalue weighted by atomic mass is 9.88. The number of ether oxygens (including phenoxy) is 1. The summed E-state index contributed by atoms with van der Waals surface area (Å²) in [6.07, 6.45) is 0. The molecule has 0 radical (unpaired) electrons. The Bertz CT molecular complexity index is 306. The molecule has 1 unspecified atom stereocenters. The van der Waals surface area contributed by atoms with Gasteiger partial charge in [-0.1, -0.05) is 13.8 Å². The van der Waals surface area contributed by atoms with Crippen LogP contribution in [0.2, 0.25) is 0 Å². The maximum atomic E-state index is 12.1. The van der Waals surface area contributed by atoms with Crippen LogP contribution < -0.4 is 11.1 Å². The number of nitrogens with one attached hydrogen (secondary N) is 1. The van der Waals surface area contributed by atoms with E-state index in [0.29, 0.717) is 19.8 Å². The van der Waals surface area contributed by atoms with Crippen LogP contribution in [0.15, 0.2) is 0 Å². The van der Waals surface area contributed by atoms with Crippen molar-refractivity contribution in [1.29, 1.82) is 0 Å². The number of imide groups is 1. The summed E-state index contributed by atoms with van der Waals surface area (Å²) in [5.41, 5.74) is 4.47. The zero-order chi connectivity index (χ0) is 13.1. The lowest BCUT2D eigenvalue weighted by Crippen LogP contribution is -2.48. The summed E-state index contributed by atoms with van der Waals surface area (Å²) in [5, 5.41) is 2.73. The van der Waals surface area contributed by atoms with Crippen molar-refractivity contribution >= 4 is 11.9 Å². The fourth-order valence-corrected chi connectivity index (χ4v) is 1.65. The predicted molar refractivity (Wildman–Crippen MR) is 63.4 cm³/mol. The molecule has 0 bridgehead atoms. The Hall–Kier alpha value is -1.14. The van der Waals surface area contributed by atoms with Gasteiger partial charge in [0.15, 0.2) is 0 Å². The maximum Gasteiger partial charge on any atom is 0.325 e. The minimum absolute atomic E-state index is 0.0499. The molecule has 0 aliphatic carbocycles. The maximum absolute atomic E-state index is 12.1. The minimum Gasteiger partial charge on any atom is -0.378 e. The number of carbonyl (C=O) groups excluding carboxylic acids is 2. The highest BCUT2D eigenvalue weighted by atomic mass is 16.5. The molecule has 3 amide bonds. The van der Waals surface area contributed by atoms with Gasteiger partial charge in [-0.3, -0.25) is 9.69 Å². The summed E-state index contributed by atoms with van der Waals surface area (Å²) in [7, 11) is 0. The van der Waals surface area contributed by atoms with E-state index in [2.05, 4.69) is 5.32 Å². The molecule has 1 aliphatic rings. The van der Waals surface area contributed by atoms with Crippen LogP contribution in [0.1, 0.15) is 20.8 Å². The second-order valence-electron chi connectivity index (χ2n) is 4.65. The number of amides is 3. The Labute approximate surface area is 101 Å². The molecular weight excluding hydrogens is 222 g/mol. The van der Waals surface area contributed by atoms with Crippen molar-refractivity contribution in [3.8, 4) is 0 Å². The number of urea groups is 1. The fourth-order valence-electron chi connectivity index (χ4n) is 1.65. The molecule has 1 atom stereocenters. The summed E-state index contributed by atoms with van der Waals surface area (Å²) >= 11 is 0. The van der Waals surface area contributed by atoms with Gasteiger partial charge >= 0.3 is 6.03 Å². The molecule has 17 heavy (non-hydrogen) atoms. The summed E-state index contributed by atoms with van der Waals surface area (Å²) < 4.78 is 5.17. The van der Waals surface area contributed by atoms with E-state index >= 15 is 0 Å². The van der Waals surface area contributed by atoms with Gasteiger partial charge in [0.25, 0.3) is 5.91 Å². The smallest absolute Gasteiger partial charge is 0.325 e. The fraction of sp³-hybridized carbons (Fsp3) is 0.818. The van der Waals surface area contributed by atoms with Crippen LogP contribution in [0.5, 0.6) is 0 Å². The van der Waals surface area contributed by atoms with Gasteiger partial charge in [0.2, 0.25) is 0 Å². The summed E-state index contributed by atoms with van der Waals surface area (Å²) in [5.74, 6) is -0.136. The first-order chi connectivity index (χ1) is 7.93. The van der Waals surface area contributed by atoms with Crippen molar-refractivity contribution < 1.29 is 14.3 Å². The van der Waals surface area contributed by atoms with Crippen LogP contribution in [-0.2, 0) is 9.53 Å². The number of nitrogens with zero attached hydrogens (tertiary/aromatic N) is 1. The molecule has 3 N–H and O–H groups in total. The Morgan fingerprint density at radius 3 is 2.53 bits per heavy atom. The van der Waals surface area contributed by atoms with Gasteiger partial charge in [-0.05, 0) is 12.8 Å². The predicted octanol–water partition coefficient (Wildman–Crippen LogP) is -0.0718. The van der Waals surface area contributed by atoms with Crippen molar-refractivity contribution in [2.45, 2.75) is 26.3 Å². The molecule has 0 spiro atoms. The van der Waals surface area contributed by atoms with E-state index in [1.165, 1.54) is 4.90 Å². The van der Waals surface area contributed by atoms with Crippen LogP contribution >= 0.6 is 0 Å². The van der Waals surface area contributed by atoms with Gasteiger partial charge in [-0.25, -0.2) is 4.79 Å². The Morgan fingerprint density at radius 2 is 2.06 bits per heavy atom. The molecule has 1 fully saturated rings. The Kier molecular flexibility index (Phi) is 4.47. The lowest BCUT2D eigenvalue weighted by molar-refractivity contribution is -0.132. The molecule has 0 aromatic rings. The Balaban J connectivity index is 2.57. The van der Waals surface area contributed by atoms with E-state index in [-0.39, 0.29) is 24.4 Å². The third kappa shape index (κ3) is 2.76. The van der Waals surface area contributed by atoms with Crippen molar-refractivity contribution in [2.75, 3.05) is 26.3 Å². The zero-order valence-electron chi connectivity index (χ0n) is 10.7. The monoisotopic (exact) mass is 243 g/mol. The first kappa shape index (κ1) is 13.9. The van der Waals surface area contributed by atoms with E-state index in [0.717, 1.165) is 0 Å². The zero-order valence-corrected chi connectivity index (χ0v) is 10.7. The molecule has 6 heteroatoms. The van der Waals surface area contributed by atoms with Gasteiger partial charge in [0.1, 0.15) is 5.54 Å². The van der Waals surface area contributed by atoms with E-state index in [9.17, 15) is 9.59 Å². The third-order valence-electron chi connectivity index (χ3n) is 3.18. The molecule has 0 aromatic heterocycles. The summed E-state index contributed by atoms with van der Waals surface area (Å²) in [6, 6.07) is -0.345. The first-order valence-electron chi connectivity index (χ1n) is 5.85. The topological polar surface area (TPSA) is 84.7 Å². The van der Waals surface area contributed by atoms with Gasteiger partial charge in [0, 0.05) is 6.54 Å². The molecule has 1 rings (SSSR count). The lowest BCUT2D eigenvalue weighted by Gasteiger charge is -2.25. The molecule has 1 saturated heterocycles. The molecule has 1 aliphatic heterocycles. The van der Waals surface area contributed by atoms with Crippen molar-refractivity contribution in [2.24, 2.45) is 11.7 Å².